The van der Waals surface area contributed by atoms with Crippen LogP contribution in [-0.2, 0) is 18.4 Å². The largest absolute Gasteiger partial charge is 0.472 e. The number of carbonyl (C=O) groups is 1. The molecule has 0 aromatic carbocycles. The van der Waals surface area contributed by atoms with Gasteiger partial charge in [0, 0.05) is 6.42 Å². The second-order valence-corrected chi connectivity index (χ2v) is 15.7. The number of aliphatic hydroxyl groups excluding tert-OH is 1. The molecular weight excluding hydrogens is 647 g/mol. The third-order valence-corrected chi connectivity index (χ3v) is 9.26. The summed E-state index contributed by atoms with van der Waals surface area (Å²) in [6, 6.07) is -0.777. The third kappa shape index (κ3) is 34.6. The Morgan fingerprint density at radius 1 is 0.700 bits per heavy atom. The van der Waals surface area contributed by atoms with Gasteiger partial charge in [0.05, 0.1) is 39.9 Å². The Hall–Kier alpha value is -1.80. The zero-order valence-corrected chi connectivity index (χ0v) is 33.5. The van der Waals surface area contributed by atoms with Crippen LogP contribution in [0.4, 0.5) is 0 Å². The number of nitrogens with one attached hydrogen (secondary N) is 1. The summed E-state index contributed by atoms with van der Waals surface area (Å²) >= 11 is 0. The molecule has 0 aliphatic carbocycles. The van der Waals surface area contributed by atoms with E-state index >= 15 is 0 Å². The molecule has 0 fully saturated rings. The molecular formula is C41H76N2O6P+. The van der Waals surface area contributed by atoms with Crippen LogP contribution in [0.2, 0.25) is 0 Å². The molecule has 3 atom stereocenters. The van der Waals surface area contributed by atoms with Crippen molar-refractivity contribution in [2.24, 2.45) is 0 Å². The van der Waals surface area contributed by atoms with Gasteiger partial charge in [-0.3, -0.25) is 13.8 Å². The van der Waals surface area contributed by atoms with E-state index in [0.29, 0.717) is 23.9 Å². The second kappa shape index (κ2) is 33.1. The van der Waals surface area contributed by atoms with Crippen molar-refractivity contribution in [2.45, 2.75) is 154 Å². The number of unbranched alkanes of at least 4 members (excludes halogenated alkanes) is 11. The highest BCUT2D eigenvalue weighted by atomic mass is 31.2. The third-order valence-electron chi connectivity index (χ3n) is 8.28. The summed E-state index contributed by atoms with van der Waals surface area (Å²) < 4.78 is 23.5. The lowest BCUT2D eigenvalue weighted by atomic mass is 10.0. The van der Waals surface area contributed by atoms with E-state index in [4.69, 9.17) is 9.05 Å². The van der Waals surface area contributed by atoms with Crippen LogP contribution in [-0.4, -0.2) is 73.4 Å². The first-order valence-electron chi connectivity index (χ1n) is 19.7. The lowest BCUT2D eigenvalue weighted by Crippen LogP contribution is -2.46. The predicted molar refractivity (Wildman–Crippen MR) is 212 cm³/mol. The van der Waals surface area contributed by atoms with Crippen LogP contribution < -0.4 is 5.32 Å². The molecule has 0 rings (SSSR count). The Bertz CT molecular complexity index is 1000. The number of likely N-dealkylation sites (N-methyl/N-ethyl adjacent to an activating group) is 1. The number of carbonyl (C=O) groups excluding carboxylic acids is 1. The van der Waals surface area contributed by atoms with Crippen molar-refractivity contribution in [3.05, 3.63) is 60.8 Å². The minimum absolute atomic E-state index is 0.0644. The molecule has 0 saturated heterocycles. The van der Waals surface area contributed by atoms with Crippen LogP contribution in [0.25, 0.3) is 0 Å². The van der Waals surface area contributed by atoms with Crippen LogP contribution in [0.5, 0.6) is 0 Å². The van der Waals surface area contributed by atoms with E-state index in [1.54, 1.807) is 0 Å². The number of allylic oxidation sites excluding steroid dienone is 10. The first-order valence-corrected chi connectivity index (χ1v) is 21.1. The number of nitrogens with zero attached hydrogens (tertiary/aromatic N) is 1. The summed E-state index contributed by atoms with van der Waals surface area (Å²) in [5, 5.41) is 13.8. The van der Waals surface area contributed by atoms with Crippen molar-refractivity contribution in [1.82, 2.24) is 5.32 Å². The molecule has 290 valence electrons. The molecule has 3 unspecified atom stereocenters. The van der Waals surface area contributed by atoms with Crippen molar-refractivity contribution in [3.63, 3.8) is 0 Å². The molecule has 0 bridgehead atoms. The van der Waals surface area contributed by atoms with E-state index in [1.165, 1.54) is 38.5 Å². The fourth-order valence-corrected chi connectivity index (χ4v) is 5.86. The van der Waals surface area contributed by atoms with Gasteiger partial charge in [0.25, 0.3) is 0 Å². The van der Waals surface area contributed by atoms with Gasteiger partial charge in [-0.05, 0) is 57.8 Å². The van der Waals surface area contributed by atoms with Crippen molar-refractivity contribution in [2.75, 3.05) is 40.9 Å². The summed E-state index contributed by atoms with van der Waals surface area (Å²) in [5.74, 6) is -0.182. The Balaban J connectivity index is 4.47. The van der Waals surface area contributed by atoms with Gasteiger partial charge in [-0.25, -0.2) is 4.57 Å². The molecule has 0 aromatic rings. The molecule has 0 aromatic heterocycles. The Morgan fingerprint density at radius 3 is 1.74 bits per heavy atom. The summed E-state index contributed by atoms with van der Waals surface area (Å²) in [5.41, 5.74) is 0. The van der Waals surface area contributed by atoms with Gasteiger partial charge in [0.15, 0.2) is 0 Å². The van der Waals surface area contributed by atoms with Crippen molar-refractivity contribution >= 4 is 13.7 Å². The zero-order chi connectivity index (χ0) is 37.2. The van der Waals surface area contributed by atoms with Crippen LogP contribution >= 0.6 is 7.82 Å². The number of hydrogen-bond donors (Lipinski definition) is 3. The highest BCUT2D eigenvalue weighted by Crippen LogP contribution is 2.43. The molecule has 0 radical (unpaired) electrons. The van der Waals surface area contributed by atoms with Crippen LogP contribution in [0.3, 0.4) is 0 Å². The van der Waals surface area contributed by atoms with Gasteiger partial charge in [-0.2, -0.15) is 0 Å². The van der Waals surface area contributed by atoms with Gasteiger partial charge in [-0.1, -0.05) is 139 Å². The van der Waals surface area contributed by atoms with Crippen LogP contribution in [0, 0.1) is 0 Å². The minimum atomic E-state index is -4.32. The van der Waals surface area contributed by atoms with Gasteiger partial charge in [0.1, 0.15) is 13.2 Å². The smallest absolute Gasteiger partial charge is 0.391 e. The Labute approximate surface area is 307 Å². The monoisotopic (exact) mass is 724 g/mol. The van der Waals surface area contributed by atoms with Crippen LogP contribution in [0.15, 0.2) is 60.8 Å². The molecule has 8 nitrogen and oxygen atoms in total. The predicted octanol–water partition coefficient (Wildman–Crippen LogP) is 10.3. The summed E-state index contributed by atoms with van der Waals surface area (Å²) in [6.45, 7) is 4.69. The van der Waals surface area contributed by atoms with E-state index in [9.17, 15) is 19.4 Å². The first-order chi connectivity index (χ1) is 24.0. The number of rotatable bonds is 34. The summed E-state index contributed by atoms with van der Waals surface area (Å²) in [7, 11) is 1.58. The summed E-state index contributed by atoms with van der Waals surface area (Å²) in [6.07, 6.45) is 41.1. The molecule has 0 spiro atoms. The normalized spacial score (nSPS) is 15.3. The quantitative estimate of drug-likeness (QED) is 0.0264. The molecule has 50 heavy (non-hydrogen) atoms. The average molecular weight is 724 g/mol. The fraction of sp³-hybridized carbons (Fsp3) is 0.732. The molecule has 0 aliphatic heterocycles. The molecule has 1 amide bonds. The van der Waals surface area contributed by atoms with Crippen molar-refractivity contribution in [3.8, 4) is 0 Å². The van der Waals surface area contributed by atoms with E-state index < -0.39 is 20.0 Å². The highest BCUT2D eigenvalue weighted by Gasteiger charge is 2.28. The van der Waals surface area contributed by atoms with Gasteiger partial charge >= 0.3 is 7.82 Å². The number of hydrogen-bond acceptors (Lipinski definition) is 5. The Morgan fingerprint density at radius 2 is 1.20 bits per heavy atom. The molecule has 0 aliphatic rings. The average Bonchev–Trinajstić information content (AvgIpc) is 3.06. The van der Waals surface area contributed by atoms with Gasteiger partial charge in [-0.15, -0.1) is 0 Å². The van der Waals surface area contributed by atoms with Crippen molar-refractivity contribution in [1.29, 1.82) is 0 Å². The fourth-order valence-electron chi connectivity index (χ4n) is 5.13. The molecule has 0 saturated carbocycles. The lowest BCUT2D eigenvalue weighted by Gasteiger charge is -2.26. The van der Waals surface area contributed by atoms with E-state index in [0.717, 1.165) is 77.0 Å². The molecule has 0 heterocycles. The van der Waals surface area contributed by atoms with Crippen LogP contribution in [0.1, 0.15) is 142 Å². The van der Waals surface area contributed by atoms with Gasteiger partial charge in [0.2, 0.25) is 5.91 Å². The Kier molecular flexibility index (Phi) is 31.9. The maximum absolute atomic E-state index is 12.8. The maximum Gasteiger partial charge on any atom is 0.472 e. The standard InChI is InChI=1S/C41H75N2O6P/c1-6-8-10-12-14-16-17-18-19-20-21-22-23-24-25-27-29-31-33-35-41(45)42-39(38-49-50(46,47)48-37-36-43(3,4)5)40(44)34-32-30-28-26-15-13-11-9-7-2/h8,10,14,16,18-19,21-22,24-25,39-40,44H,6-7,9,11-13,15,17,20,23,26-38H2,1-5H3,(H-,42,45,46,47)/p+1/b10-8-,16-14-,19-18-,22-21-,25-24-. The second-order valence-electron chi connectivity index (χ2n) is 14.3. The number of aliphatic hydroxyl groups is 1. The van der Waals surface area contributed by atoms with E-state index in [-0.39, 0.29) is 19.1 Å². The van der Waals surface area contributed by atoms with E-state index in [1.807, 2.05) is 21.1 Å². The van der Waals surface area contributed by atoms with E-state index in [2.05, 4.69) is 79.9 Å². The summed E-state index contributed by atoms with van der Waals surface area (Å²) in [4.78, 5) is 23.0. The maximum atomic E-state index is 12.8. The van der Waals surface area contributed by atoms with Crippen molar-refractivity contribution < 1.29 is 32.9 Å². The SMILES string of the molecule is CC/C=C\C/C=C\C/C=C\C/C=C\C/C=C\CCCCCC(=O)NC(COP(=O)(O)OCC[N+](C)(C)C)C(O)CCCCCCCCCCC. The zero-order valence-electron chi connectivity index (χ0n) is 32.6. The molecule has 3 N–H and O–H groups in total. The highest BCUT2D eigenvalue weighted by molar-refractivity contribution is 7.47. The number of phosphoric ester groups is 1. The number of quaternary nitrogens is 1. The first kappa shape index (κ1) is 48.2. The topological polar surface area (TPSA) is 105 Å². The lowest BCUT2D eigenvalue weighted by molar-refractivity contribution is -0.870. The molecule has 9 heteroatoms. The number of phosphoric acid groups is 1. The van der Waals surface area contributed by atoms with Gasteiger partial charge < -0.3 is 19.8 Å². The minimum Gasteiger partial charge on any atom is -0.391 e. The number of amides is 1.